The smallest absolute Gasteiger partial charge is 0.221 e. The van der Waals surface area contributed by atoms with Crippen LogP contribution in [0.5, 0.6) is 0 Å². The summed E-state index contributed by atoms with van der Waals surface area (Å²) in [6.07, 6.45) is 6.21. The molecule has 1 amide bonds. The number of amides is 1. The van der Waals surface area contributed by atoms with E-state index in [0.29, 0.717) is 0 Å². The lowest BCUT2D eigenvalue weighted by atomic mass is 10.0. The highest BCUT2D eigenvalue weighted by Crippen LogP contribution is 2.40. The van der Waals surface area contributed by atoms with Gasteiger partial charge in [-0.3, -0.25) is 4.79 Å². The van der Waals surface area contributed by atoms with E-state index >= 15 is 0 Å². The molecule has 0 atom stereocenters. The molecule has 0 saturated heterocycles. The summed E-state index contributed by atoms with van der Waals surface area (Å²) in [6.45, 7) is 10.3. The molecule has 3 heteroatoms. The lowest BCUT2D eigenvalue weighted by molar-refractivity contribution is -0.114. The summed E-state index contributed by atoms with van der Waals surface area (Å²) >= 11 is 0. The lowest BCUT2D eigenvalue weighted by Gasteiger charge is -2.24. The van der Waals surface area contributed by atoms with E-state index < -0.39 is 0 Å². The molecule has 1 heterocycles. The average Bonchev–Trinajstić information content (AvgIpc) is 2.84. The zero-order valence-electron chi connectivity index (χ0n) is 13.9. The molecule has 0 unspecified atom stereocenters. The number of hydrogen-bond acceptors (Lipinski definition) is 2. The zero-order valence-corrected chi connectivity index (χ0v) is 13.9. The van der Waals surface area contributed by atoms with Gasteiger partial charge in [-0.1, -0.05) is 32.3 Å². The summed E-state index contributed by atoms with van der Waals surface area (Å²) < 4.78 is 0. The monoisotopic (exact) mass is 288 g/mol. The fourth-order valence-electron chi connectivity index (χ4n) is 3.32. The molecular weight excluding hydrogens is 260 g/mol. The molecule has 21 heavy (non-hydrogen) atoms. The van der Waals surface area contributed by atoms with Gasteiger partial charge in [0.1, 0.15) is 0 Å². The maximum Gasteiger partial charge on any atom is 0.221 e. The zero-order chi connectivity index (χ0) is 15.4. The number of nitrogens with one attached hydrogen (secondary N) is 1. The van der Waals surface area contributed by atoms with E-state index in [2.05, 4.69) is 37.1 Å². The van der Waals surface area contributed by atoms with E-state index in [9.17, 15) is 4.79 Å². The fourth-order valence-corrected chi connectivity index (χ4v) is 3.32. The number of fused-ring (bicyclic) bond motifs is 1. The molecule has 1 aliphatic heterocycles. The summed E-state index contributed by atoms with van der Waals surface area (Å²) in [5.74, 6) is 0.0157. The Labute approximate surface area is 128 Å². The Kier molecular flexibility index (Phi) is 5.27. The molecule has 1 aromatic carbocycles. The Balaban J connectivity index is 2.24. The summed E-state index contributed by atoms with van der Waals surface area (Å²) in [4.78, 5) is 14.0. The maximum atomic E-state index is 11.5. The van der Waals surface area contributed by atoms with Gasteiger partial charge < -0.3 is 10.2 Å². The van der Waals surface area contributed by atoms with E-state index in [1.807, 2.05) is 0 Å². The van der Waals surface area contributed by atoms with Gasteiger partial charge in [0.2, 0.25) is 5.91 Å². The minimum atomic E-state index is 0.0157. The van der Waals surface area contributed by atoms with E-state index in [-0.39, 0.29) is 5.91 Å². The van der Waals surface area contributed by atoms with Crippen LogP contribution in [-0.2, 0) is 11.2 Å². The van der Waals surface area contributed by atoms with Gasteiger partial charge in [0.25, 0.3) is 0 Å². The Morgan fingerprint density at radius 1 is 1.24 bits per heavy atom. The number of anilines is 2. The first-order chi connectivity index (χ1) is 10.0. The van der Waals surface area contributed by atoms with Gasteiger partial charge in [0, 0.05) is 20.0 Å². The molecule has 1 aromatic rings. The number of carbonyl (C=O) groups is 1. The van der Waals surface area contributed by atoms with Gasteiger partial charge in [-0.15, -0.1) is 0 Å². The molecule has 0 saturated carbocycles. The molecule has 2 rings (SSSR count). The standard InChI is InChI=1S/C18H28N2O/c1-5-6-7-8-10-20-11-9-16-13(2)12-14(3)17(18(16)20)19-15(4)21/h12H,5-11H2,1-4H3,(H,19,21). The second kappa shape index (κ2) is 6.97. The van der Waals surface area contributed by atoms with Crippen molar-refractivity contribution in [2.45, 2.75) is 59.8 Å². The Morgan fingerprint density at radius 2 is 2.00 bits per heavy atom. The molecule has 0 radical (unpaired) electrons. The molecule has 1 N–H and O–H groups in total. The van der Waals surface area contributed by atoms with Crippen molar-refractivity contribution in [3.8, 4) is 0 Å². The summed E-state index contributed by atoms with van der Waals surface area (Å²) in [5.41, 5.74) is 6.24. The van der Waals surface area contributed by atoms with Gasteiger partial charge in [-0.05, 0) is 43.4 Å². The Bertz CT molecular complexity index is 522. The van der Waals surface area contributed by atoms with Crippen LogP contribution < -0.4 is 10.2 Å². The fraction of sp³-hybridized carbons (Fsp3) is 0.611. The van der Waals surface area contributed by atoms with Gasteiger partial charge >= 0.3 is 0 Å². The highest BCUT2D eigenvalue weighted by atomic mass is 16.1. The quantitative estimate of drug-likeness (QED) is 0.795. The first kappa shape index (κ1) is 15.9. The van der Waals surface area contributed by atoms with Crippen molar-refractivity contribution in [1.82, 2.24) is 0 Å². The first-order valence-electron chi connectivity index (χ1n) is 8.20. The van der Waals surface area contributed by atoms with Crippen molar-refractivity contribution in [2.24, 2.45) is 0 Å². The van der Waals surface area contributed by atoms with Crippen molar-refractivity contribution >= 4 is 17.3 Å². The third-order valence-corrected chi connectivity index (χ3v) is 4.36. The molecule has 0 spiro atoms. The average molecular weight is 288 g/mol. The molecule has 0 bridgehead atoms. The largest absolute Gasteiger partial charge is 0.369 e. The predicted octanol–water partition coefficient (Wildman–Crippen LogP) is 4.20. The van der Waals surface area contributed by atoms with Crippen LogP contribution in [-0.4, -0.2) is 19.0 Å². The summed E-state index contributed by atoms with van der Waals surface area (Å²) in [7, 11) is 0. The molecular formula is C18H28N2O. The Morgan fingerprint density at radius 3 is 2.67 bits per heavy atom. The second-order valence-corrected chi connectivity index (χ2v) is 6.19. The minimum Gasteiger partial charge on any atom is -0.369 e. The number of rotatable bonds is 6. The van der Waals surface area contributed by atoms with Crippen LogP contribution in [0.15, 0.2) is 6.07 Å². The topological polar surface area (TPSA) is 32.3 Å². The molecule has 3 nitrogen and oxygen atoms in total. The second-order valence-electron chi connectivity index (χ2n) is 6.19. The number of hydrogen-bond donors (Lipinski definition) is 1. The van der Waals surface area contributed by atoms with Crippen LogP contribution in [0.3, 0.4) is 0 Å². The maximum absolute atomic E-state index is 11.5. The van der Waals surface area contributed by atoms with Crippen LogP contribution in [0.25, 0.3) is 0 Å². The number of unbranched alkanes of at least 4 members (excludes halogenated alkanes) is 3. The van der Waals surface area contributed by atoms with E-state index in [1.165, 1.54) is 48.1 Å². The van der Waals surface area contributed by atoms with Crippen LogP contribution in [0, 0.1) is 13.8 Å². The summed E-state index contributed by atoms with van der Waals surface area (Å²) in [5, 5.41) is 3.05. The van der Waals surface area contributed by atoms with Crippen molar-refractivity contribution in [3.05, 3.63) is 22.8 Å². The molecule has 0 fully saturated rings. The number of nitrogens with zero attached hydrogens (tertiary/aromatic N) is 1. The van der Waals surface area contributed by atoms with Gasteiger partial charge in [-0.2, -0.15) is 0 Å². The SMILES string of the molecule is CCCCCCN1CCc2c(C)cc(C)c(NC(C)=O)c21. The van der Waals surface area contributed by atoms with E-state index in [4.69, 9.17) is 0 Å². The lowest BCUT2D eigenvalue weighted by Crippen LogP contribution is -2.23. The number of aryl methyl sites for hydroxylation is 2. The van der Waals surface area contributed by atoms with Crippen LogP contribution in [0.2, 0.25) is 0 Å². The third kappa shape index (κ3) is 3.58. The van der Waals surface area contributed by atoms with Gasteiger partial charge in [-0.25, -0.2) is 0 Å². The predicted molar refractivity (Wildman–Crippen MR) is 90.3 cm³/mol. The van der Waals surface area contributed by atoms with Crippen molar-refractivity contribution < 1.29 is 4.79 Å². The minimum absolute atomic E-state index is 0.0157. The van der Waals surface area contributed by atoms with Crippen molar-refractivity contribution in [1.29, 1.82) is 0 Å². The molecule has 116 valence electrons. The van der Waals surface area contributed by atoms with Crippen molar-refractivity contribution in [2.75, 3.05) is 23.3 Å². The molecule has 0 aliphatic carbocycles. The van der Waals surface area contributed by atoms with E-state index in [1.54, 1.807) is 6.92 Å². The van der Waals surface area contributed by atoms with Crippen molar-refractivity contribution in [3.63, 3.8) is 0 Å². The molecule has 1 aliphatic rings. The third-order valence-electron chi connectivity index (χ3n) is 4.36. The molecule has 0 aromatic heterocycles. The van der Waals surface area contributed by atoms with Gasteiger partial charge in [0.15, 0.2) is 0 Å². The van der Waals surface area contributed by atoms with Crippen LogP contribution in [0.1, 0.15) is 56.2 Å². The Hall–Kier alpha value is -1.51. The van der Waals surface area contributed by atoms with Crippen LogP contribution >= 0.6 is 0 Å². The first-order valence-corrected chi connectivity index (χ1v) is 8.20. The summed E-state index contributed by atoms with van der Waals surface area (Å²) in [6, 6.07) is 2.20. The highest BCUT2D eigenvalue weighted by molar-refractivity contribution is 5.95. The van der Waals surface area contributed by atoms with E-state index in [0.717, 1.165) is 25.2 Å². The number of benzene rings is 1. The van der Waals surface area contributed by atoms with Crippen LogP contribution in [0.4, 0.5) is 11.4 Å². The van der Waals surface area contributed by atoms with Gasteiger partial charge in [0.05, 0.1) is 11.4 Å². The normalized spacial score (nSPS) is 13.4. The number of carbonyl (C=O) groups excluding carboxylic acids is 1. The highest BCUT2D eigenvalue weighted by Gasteiger charge is 2.25.